The molecule has 1 saturated carbocycles. The molecule has 0 aliphatic heterocycles. The van der Waals surface area contributed by atoms with Crippen molar-refractivity contribution in [3.05, 3.63) is 88.0 Å². The molecule has 37 heavy (non-hydrogen) atoms. The number of allylic oxidation sites excluding steroid dienone is 4. The Morgan fingerprint density at radius 3 is 2.59 bits per heavy atom. The zero-order valence-corrected chi connectivity index (χ0v) is 23.4. The number of hydrogen-bond donors (Lipinski definition) is 1. The molecule has 2 aliphatic carbocycles. The average Bonchev–Trinajstić information content (AvgIpc) is 2.86. The Kier molecular flexibility index (Phi) is 8.31. The quantitative estimate of drug-likeness (QED) is 0.349. The minimum Gasteiger partial charge on any atom is -0.489 e. The van der Waals surface area contributed by atoms with Crippen LogP contribution >= 0.6 is 0 Å². The van der Waals surface area contributed by atoms with Crippen LogP contribution in [0, 0.1) is 16.7 Å². The molecule has 0 radical (unpaired) electrons. The number of carboxylic acid groups (broad SMARTS) is 1. The molecule has 198 valence electrons. The second-order valence-corrected chi connectivity index (χ2v) is 12.3. The van der Waals surface area contributed by atoms with Gasteiger partial charge >= 0.3 is 5.97 Å². The molecule has 2 aromatic rings. The van der Waals surface area contributed by atoms with Gasteiger partial charge in [0.1, 0.15) is 12.4 Å². The molecule has 0 heterocycles. The summed E-state index contributed by atoms with van der Waals surface area (Å²) in [5, 5.41) is 9.53. The first-order valence-corrected chi connectivity index (χ1v) is 14.0. The minimum absolute atomic E-state index is 0.301. The number of carboxylic acids is 1. The average molecular weight is 501 g/mol. The van der Waals surface area contributed by atoms with Crippen LogP contribution < -0.4 is 4.74 Å². The standard InChI is InChI=1S/C34H44O3/c1-24(13-17-29-25(2)14-19-31-33(3,4)20-9-21-34(29,31)5)12-15-27-22-28(32(35)36)16-18-30(27)37-23-26-10-7-6-8-11-26/h6-8,10-12,16,18,22,31H,9,13-15,17,19-21,23H2,1-5H3,(H,35,36)/t31-,34+/m1/s1. The van der Waals surface area contributed by atoms with Crippen molar-refractivity contribution in [2.75, 3.05) is 0 Å². The van der Waals surface area contributed by atoms with Gasteiger partial charge in [0.15, 0.2) is 0 Å². The first kappa shape index (κ1) is 27.2. The minimum atomic E-state index is -0.908. The van der Waals surface area contributed by atoms with Gasteiger partial charge in [-0.2, -0.15) is 0 Å². The van der Waals surface area contributed by atoms with E-state index in [0.29, 0.717) is 29.4 Å². The monoisotopic (exact) mass is 500 g/mol. The molecule has 0 spiro atoms. The lowest BCUT2D eigenvalue weighted by Gasteiger charge is -2.55. The fraction of sp³-hybridized carbons (Fsp3) is 0.500. The van der Waals surface area contributed by atoms with E-state index in [-0.39, 0.29) is 0 Å². The van der Waals surface area contributed by atoms with Crippen LogP contribution in [-0.2, 0) is 13.0 Å². The molecular weight excluding hydrogens is 456 g/mol. The highest BCUT2D eigenvalue weighted by atomic mass is 16.5. The fourth-order valence-electron chi connectivity index (χ4n) is 7.15. The maximum atomic E-state index is 11.6. The van der Waals surface area contributed by atoms with E-state index < -0.39 is 5.97 Å². The van der Waals surface area contributed by atoms with Crippen LogP contribution in [0.4, 0.5) is 0 Å². The van der Waals surface area contributed by atoms with Crippen LogP contribution in [-0.4, -0.2) is 11.1 Å². The lowest BCUT2D eigenvalue weighted by molar-refractivity contribution is 0.0105. The number of hydrogen-bond acceptors (Lipinski definition) is 2. The van der Waals surface area contributed by atoms with Gasteiger partial charge in [-0.15, -0.1) is 0 Å². The van der Waals surface area contributed by atoms with E-state index in [9.17, 15) is 9.90 Å². The van der Waals surface area contributed by atoms with Crippen molar-refractivity contribution < 1.29 is 14.6 Å². The van der Waals surface area contributed by atoms with E-state index in [0.717, 1.165) is 35.6 Å². The summed E-state index contributed by atoms with van der Waals surface area (Å²) in [6.45, 7) is 12.6. The SMILES string of the molecule is CC(=CCc1cc(C(=O)O)ccc1OCc1ccccc1)CCC1=C(C)CC[C@@H]2C(C)(C)CCC[C@@]12C. The van der Waals surface area contributed by atoms with E-state index in [4.69, 9.17) is 4.74 Å². The highest BCUT2D eigenvalue weighted by Gasteiger charge is 2.49. The maximum Gasteiger partial charge on any atom is 0.335 e. The Morgan fingerprint density at radius 2 is 1.86 bits per heavy atom. The Balaban J connectivity index is 1.47. The van der Waals surface area contributed by atoms with Gasteiger partial charge < -0.3 is 9.84 Å². The van der Waals surface area contributed by atoms with E-state index in [1.165, 1.54) is 37.7 Å². The summed E-state index contributed by atoms with van der Waals surface area (Å²) in [5.41, 5.74) is 7.76. The predicted molar refractivity (Wildman–Crippen MR) is 152 cm³/mol. The number of ether oxygens (including phenoxy) is 1. The Morgan fingerprint density at radius 1 is 1.11 bits per heavy atom. The third kappa shape index (κ3) is 6.20. The molecule has 3 heteroatoms. The van der Waals surface area contributed by atoms with Crippen molar-refractivity contribution in [3.8, 4) is 5.75 Å². The number of rotatable bonds is 9. The van der Waals surface area contributed by atoms with Crippen LogP contribution in [0.25, 0.3) is 0 Å². The van der Waals surface area contributed by atoms with E-state index in [1.807, 2.05) is 30.3 Å². The molecule has 1 N–H and O–H groups in total. The van der Waals surface area contributed by atoms with E-state index in [1.54, 1.807) is 29.3 Å². The summed E-state index contributed by atoms with van der Waals surface area (Å²) in [6.07, 6.45) is 11.7. The molecular formula is C34H44O3. The second-order valence-electron chi connectivity index (χ2n) is 12.3. The molecule has 0 aromatic heterocycles. The summed E-state index contributed by atoms with van der Waals surface area (Å²) in [7, 11) is 0. The van der Waals surface area contributed by atoms with Gasteiger partial charge in [0.2, 0.25) is 0 Å². The smallest absolute Gasteiger partial charge is 0.335 e. The Bertz CT molecular complexity index is 1170. The molecule has 2 atom stereocenters. The van der Waals surface area contributed by atoms with Gasteiger partial charge in [-0.1, -0.05) is 80.3 Å². The zero-order valence-electron chi connectivity index (χ0n) is 23.4. The third-order valence-corrected chi connectivity index (χ3v) is 9.23. The highest BCUT2D eigenvalue weighted by Crippen LogP contribution is 2.60. The van der Waals surface area contributed by atoms with Gasteiger partial charge in [-0.3, -0.25) is 0 Å². The van der Waals surface area contributed by atoms with Crippen molar-refractivity contribution in [1.29, 1.82) is 0 Å². The van der Waals surface area contributed by atoms with Crippen LogP contribution in [0.1, 0.15) is 101 Å². The lowest BCUT2D eigenvalue weighted by atomic mass is 9.50. The fourth-order valence-corrected chi connectivity index (χ4v) is 7.15. The Labute approximate surface area is 223 Å². The van der Waals surface area contributed by atoms with Crippen LogP contribution in [0.2, 0.25) is 0 Å². The molecule has 4 rings (SSSR count). The maximum absolute atomic E-state index is 11.6. The third-order valence-electron chi connectivity index (χ3n) is 9.23. The number of fused-ring (bicyclic) bond motifs is 1. The predicted octanol–water partition coefficient (Wildman–Crippen LogP) is 9.18. The van der Waals surface area contributed by atoms with Crippen molar-refractivity contribution in [2.45, 2.75) is 92.6 Å². The molecule has 0 saturated heterocycles. The van der Waals surface area contributed by atoms with Gasteiger partial charge in [-0.05, 0) is 105 Å². The number of aromatic carboxylic acids is 1. The number of benzene rings is 2. The Hall–Kier alpha value is -2.81. The summed E-state index contributed by atoms with van der Waals surface area (Å²) >= 11 is 0. The molecule has 0 unspecified atom stereocenters. The molecule has 1 fully saturated rings. The van der Waals surface area contributed by atoms with Crippen LogP contribution in [0.5, 0.6) is 5.75 Å². The molecule has 0 amide bonds. The highest BCUT2D eigenvalue weighted by molar-refractivity contribution is 5.88. The zero-order chi connectivity index (χ0) is 26.6. The van der Waals surface area contributed by atoms with Crippen molar-refractivity contribution in [3.63, 3.8) is 0 Å². The van der Waals surface area contributed by atoms with Crippen molar-refractivity contribution in [2.24, 2.45) is 16.7 Å². The molecule has 3 nitrogen and oxygen atoms in total. The summed E-state index contributed by atoms with van der Waals surface area (Å²) in [4.78, 5) is 11.6. The van der Waals surface area contributed by atoms with Crippen molar-refractivity contribution >= 4 is 5.97 Å². The van der Waals surface area contributed by atoms with Gasteiger partial charge in [-0.25, -0.2) is 4.79 Å². The first-order valence-electron chi connectivity index (χ1n) is 14.0. The van der Waals surface area contributed by atoms with E-state index >= 15 is 0 Å². The van der Waals surface area contributed by atoms with Crippen molar-refractivity contribution in [1.82, 2.24) is 0 Å². The second kappa shape index (κ2) is 11.3. The van der Waals surface area contributed by atoms with Gasteiger partial charge in [0, 0.05) is 0 Å². The number of carbonyl (C=O) groups is 1. The summed E-state index contributed by atoms with van der Waals surface area (Å²) in [5.74, 6) is 0.623. The van der Waals surface area contributed by atoms with Crippen LogP contribution in [0.3, 0.4) is 0 Å². The normalized spacial score (nSPS) is 23.5. The van der Waals surface area contributed by atoms with E-state index in [2.05, 4.69) is 40.7 Å². The topological polar surface area (TPSA) is 46.5 Å². The summed E-state index contributed by atoms with van der Waals surface area (Å²) in [6, 6.07) is 15.3. The summed E-state index contributed by atoms with van der Waals surface area (Å²) < 4.78 is 6.12. The van der Waals surface area contributed by atoms with Gasteiger partial charge in [0.05, 0.1) is 5.56 Å². The molecule has 0 bridgehead atoms. The largest absolute Gasteiger partial charge is 0.489 e. The van der Waals surface area contributed by atoms with Crippen LogP contribution in [0.15, 0.2) is 71.3 Å². The van der Waals surface area contributed by atoms with Gasteiger partial charge in [0.25, 0.3) is 0 Å². The molecule has 2 aromatic carbocycles. The molecule has 2 aliphatic rings. The first-order chi connectivity index (χ1) is 17.6. The lowest BCUT2D eigenvalue weighted by Crippen LogP contribution is -2.45.